The van der Waals surface area contributed by atoms with Gasteiger partial charge in [-0.3, -0.25) is 0 Å². The van der Waals surface area contributed by atoms with Gasteiger partial charge in [0, 0.05) is 22.4 Å². The molecule has 0 aromatic carbocycles. The van der Waals surface area contributed by atoms with Gasteiger partial charge in [0.05, 0.1) is 0 Å². The van der Waals surface area contributed by atoms with Crippen molar-refractivity contribution in [3.05, 3.63) is 0 Å². The molecular formula is C2H5NNb2O5. The van der Waals surface area contributed by atoms with Crippen molar-refractivity contribution in [1.29, 1.82) is 0 Å². The van der Waals surface area contributed by atoms with Crippen molar-refractivity contribution >= 4 is 11.9 Å². The van der Waals surface area contributed by atoms with Gasteiger partial charge < -0.3 is 16.4 Å². The predicted molar refractivity (Wildman–Crippen MR) is 21.0 cm³/mol. The van der Waals surface area contributed by atoms with Crippen LogP contribution < -0.4 is 6.15 Å². The summed E-state index contributed by atoms with van der Waals surface area (Å²) in [6.45, 7) is 0. The molecule has 1 radical (unpaired) electrons. The molecule has 0 atom stereocenters. The molecule has 0 unspecified atom stereocenters. The molecule has 58 valence electrons. The molecule has 8 heteroatoms. The molecule has 6 nitrogen and oxygen atoms in total. The first-order valence-electron chi connectivity index (χ1n) is 1.29. The van der Waals surface area contributed by atoms with E-state index in [1.54, 1.807) is 0 Å². The summed E-state index contributed by atoms with van der Waals surface area (Å²) in [5, 5.41) is 14.8. The molecule has 0 saturated carbocycles. The van der Waals surface area contributed by atoms with Crippen molar-refractivity contribution in [3.63, 3.8) is 0 Å². The summed E-state index contributed by atoms with van der Waals surface area (Å²) in [5.41, 5.74) is 0. The van der Waals surface area contributed by atoms with Crippen molar-refractivity contribution in [2.45, 2.75) is 0 Å². The maximum atomic E-state index is 9.10. The third-order valence-corrected chi connectivity index (χ3v) is 0.183. The Bertz CT molecular complexity index is 93.8. The predicted octanol–water partition coefficient (Wildman–Crippen LogP) is -0.806. The zero-order chi connectivity index (χ0) is 7.15. The van der Waals surface area contributed by atoms with Crippen LogP contribution >= 0.6 is 0 Å². The van der Waals surface area contributed by atoms with Crippen molar-refractivity contribution in [2.24, 2.45) is 0 Å². The van der Waals surface area contributed by atoms with E-state index in [4.69, 9.17) is 23.1 Å². The standard InChI is InChI=1S/C2H2O4.H3N.2Nb.O/c3-1(4)2(5)6;;;;/h(H,3,4)(H,5,6);1H3;;;. The van der Waals surface area contributed by atoms with Gasteiger partial charge in [-0.25, -0.2) is 9.59 Å². The molecule has 0 aliphatic rings. The first kappa shape index (κ1) is 22.5. The second-order valence-electron chi connectivity index (χ2n) is 0.610. The van der Waals surface area contributed by atoms with Gasteiger partial charge in [-0.15, -0.1) is 0 Å². The fourth-order valence-corrected chi connectivity index (χ4v) is 0. The van der Waals surface area contributed by atoms with E-state index in [9.17, 15) is 0 Å². The first-order chi connectivity index (χ1) is 3.64. The number of carboxylic acids is 2. The normalized spacial score (nSPS) is 4.70. The molecule has 0 aromatic rings. The Hall–Kier alpha value is 0.181. The third kappa shape index (κ3) is 24.1. The number of rotatable bonds is 0. The number of carbonyl (C=O) groups is 2. The maximum absolute atomic E-state index is 9.10. The summed E-state index contributed by atoms with van der Waals surface area (Å²) in [6, 6.07) is 0. The van der Waals surface area contributed by atoms with Crippen LogP contribution in [0.4, 0.5) is 0 Å². The van der Waals surface area contributed by atoms with Gasteiger partial charge >= 0.3 is 36.2 Å². The van der Waals surface area contributed by atoms with Gasteiger partial charge in [-0.05, 0) is 0 Å². The van der Waals surface area contributed by atoms with Crippen LogP contribution in [0.2, 0.25) is 0 Å². The molecule has 5 N–H and O–H groups in total. The van der Waals surface area contributed by atoms with Gasteiger partial charge in [-0.2, -0.15) is 0 Å². The number of aliphatic carboxylic acids is 2. The van der Waals surface area contributed by atoms with Crippen LogP contribution in [0, 0.1) is 0 Å². The van der Waals surface area contributed by atoms with E-state index < -0.39 is 11.9 Å². The minimum atomic E-state index is -1.82. The van der Waals surface area contributed by atoms with Gasteiger partial charge in [0.2, 0.25) is 0 Å². The monoisotopic (exact) mass is 309 g/mol. The number of hydrogen-bond donors (Lipinski definition) is 3. The molecule has 0 bridgehead atoms. The second kappa shape index (κ2) is 16.1. The zero-order valence-corrected chi connectivity index (χ0v) is 9.12. The van der Waals surface area contributed by atoms with E-state index >= 15 is 0 Å². The van der Waals surface area contributed by atoms with E-state index in [0.29, 0.717) is 21.0 Å². The Morgan fingerprint density at radius 1 is 1.00 bits per heavy atom. The molecule has 0 rings (SSSR count). The summed E-state index contributed by atoms with van der Waals surface area (Å²) in [7, 11) is 0. The average molecular weight is 309 g/mol. The van der Waals surface area contributed by atoms with Gasteiger partial charge in [0.15, 0.2) is 0 Å². The second-order valence-corrected chi connectivity index (χ2v) is 0.610. The van der Waals surface area contributed by atoms with Crippen molar-refractivity contribution in [3.8, 4) is 0 Å². The Morgan fingerprint density at radius 2 is 1.10 bits per heavy atom. The quantitative estimate of drug-likeness (QED) is 0.397. The minimum absolute atomic E-state index is 0. The van der Waals surface area contributed by atoms with Crippen molar-refractivity contribution in [1.82, 2.24) is 6.15 Å². The Balaban J connectivity index is -0.0000000412. The molecule has 10 heavy (non-hydrogen) atoms. The fraction of sp³-hybridized carbons (Fsp3) is 0. The van der Waals surface area contributed by atoms with Crippen LogP contribution in [0.25, 0.3) is 0 Å². The molecule has 0 aromatic heterocycles. The summed E-state index contributed by atoms with van der Waals surface area (Å²) >= 11 is 0.500. The van der Waals surface area contributed by atoms with Crippen molar-refractivity contribution < 1.29 is 66.5 Å². The van der Waals surface area contributed by atoms with Crippen molar-refractivity contribution in [2.75, 3.05) is 0 Å². The van der Waals surface area contributed by atoms with Gasteiger partial charge in [0.1, 0.15) is 0 Å². The van der Waals surface area contributed by atoms with E-state index in [2.05, 4.69) is 0 Å². The molecular weight excluding hydrogens is 304 g/mol. The van der Waals surface area contributed by atoms with Crippen LogP contribution in [0.1, 0.15) is 0 Å². The Labute approximate surface area is 84.3 Å². The molecule has 0 aliphatic heterocycles. The SMILES string of the molecule is N.O=C(O)C(=O)O.[Nb].[O]=[Nb]. The van der Waals surface area contributed by atoms with Crippen LogP contribution in [0.15, 0.2) is 0 Å². The molecule has 0 aliphatic carbocycles. The average Bonchev–Trinajstić information content (AvgIpc) is 1.72. The third-order valence-electron chi connectivity index (χ3n) is 0.183. The topological polar surface area (TPSA) is 127 Å². The molecule has 0 fully saturated rings. The van der Waals surface area contributed by atoms with Crippen LogP contribution in [0.3, 0.4) is 0 Å². The Kier molecular flexibility index (Phi) is 36.1. The van der Waals surface area contributed by atoms with E-state index in [1.807, 2.05) is 0 Å². The Morgan fingerprint density at radius 3 is 1.10 bits per heavy atom. The number of carboxylic acid groups (broad SMARTS) is 2. The van der Waals surface area contributed by atoms with E-state index in [-0.39, 0.29) is 28.5 Å². The number of hydrogen-bond acceptors (Lipinski definition) is 4. The van der Waals surface area contributed by atoms with E-state index in [0.717, 1.165) is 0 Å². The van der Waals surface area contributed by atoms with Crippen LogP contribution in [0.5, 0.6) is 0 Å². The van der Waals surface area contributed by atoms with Gasteiger partial charge in [0.25, 0.3) is 0 Å². The summed E-state index contributed by atoms with van der Waals surface area (Å²) in [6.07, 6.45) is 0. The van der Waals surface area contributed by atoms with Gasteiger partial charge in [-0.1, -0.05) is 0 Å². The summed E-state index contributed by atoms with van der Waals surface area (Å²) in [5.74, 6) is -3.65. The van der Waals surface area contributed by atoms with Crippen LogP contribution in [-0.2, 0) is 56.3 Å². The molecule has 0 heterocycles. The molecule has 0 amide bonds. The summed E-state index contributed by atoms with van der Waals surface area (Å²) in [4.78, 5) is 18.2. The molecule has 0 saturated heterocycles. The zero-order valence-electron chi connectivity index (χ0n) is 4.72. The molecule has 0 spiro atoms. The first-order valence-corrected chi connectivity index (χ1v) is 2.19. The summed E-state index contributed by atoms with van der Waals surface area (Å²) < 4.78 is 8.30. The fourth-order valence-electron chi connectivity index (χ4n) is 0. The van der Waals surface area contributed by atoms with E-state index in [1.165, 1.54) is 0 Å². The van der Waals surface area contributed by atoms with Crippen LogP contribution in [-0.4, -0.2) is 22.2 Å².